The molecule has 0 rings (SSSR count). The van der Waals surface area contributed by atoms with E-state index in [0.717, 1.165) is 11.5 Å². The smallest absolute Gasteiger partial charge is 0.0722 e. The summed E-state index contributed by atoms with van der Waals surface area (Å²) in [4.78, 5) is 0.800. The molecule has 4 heteroatoms. The summed E-state index contributed by atoms with van der Waals surface area (Å²) >= 11 is 4.80. The zero-order chi connectivity index (χ0) is 7.49. The van der Waals surface area contributed by atoms with Crippen LogP contribution >= 0.6 is 29.2 Å². The summed E-state index contributed by atoms with van der Waals surface area (Å²) in [6.07, 6.45) is 0. The highest BCUT2D eigenvalue weighted by molar-refractivity contribution is 8.93. The third kappa shape index (κ3) is 11.2. The van der Waals surface area contributed by atoms with E-state index in [1.165, 1.54) is 0 Å². The Morgan fingerprint density at radius 2 is 2.00 bits per heavy atom. The average Bonchev–Trinajstić information content (AvgIpc) is 1.59. The summed E-state index contributed by atoms with van der Waals surface area (Å²) in [5, 5.41) is 2.99. The van der Waals surface area contributed by atoms with Gasteiger partial charge in [0.1, 0.15) is 0 Å². The van der Waals surface area contributed by atoms with Crippen molar-refractivity contribution in [1.82, 2.24) is 5.32 Å². The van der Waals surface area contributed by atoms with Crippen LogP contribution in [0.1, 0.15) is 20.8 Å². The molecule has 0 heterocycles. The van der Waals surface area contributed by atoms with Crippen LogP contribution in [0.25, 0.3) is 0 Å². The van der Waals surface area contributed by atoms with Gasteiger partial charge in [-0.15, -0.1) is 17.0 Å². The van der Waals surface area contributed by atoms with Gasteiger partial charge in [-0.2, -0.15) is 0 Å². The van der Waals surface area contributed by atoms with Crippen LogP contribution < -0.4 is 11.1 Å². The van der Waals surface area contributed by atoms with E-state index < -0.39 is 0 Å². The molecule has 0 spiro atoms. The van der Waals surface area contributed by atoms with E-state index in [9.17, 15) is 0 Å². The zero-order valence-electron chi connectivity index (χ0n) is 6.60. The number of hydrogen-bond acceptors (Lipinski definition) is 2. The predicted octanol–water partition coefficient (Wildman–Crippen LogP) is 1.24. The number of thiocarbonyl (C=S) groups is 1. The molecule has 0 aromatic rings. The van der Waals surface area contributed by atoms with Crippen molar-refractivity contribution in [2.45, 2.75) is 26.3 Å². The highest BCUT2D eigenvalue weighted by atomic mass is 79.9. The molecule has 0 aliphatic heterocycles. The lowest BCUT2D eigenvalue weighted by Crippen LogP contribution is -2.44. The monoisotopic (exact) mass is 226 g/mol. The lowest BCUT2D eigenvalue weighted by molar-refractivity contribution is 0.509. The molecule has 0 atom stereocenters. The van der Waals surface area contributed by atoms with Gasteiger partial charge >= 0.3 is 0 Å². The molecule has 0 aromatic carbocycles. The Hall–Kier alpha value is 0.330. The molecule has 0 amide bonds. The third-order valence-electron chi connectivity index (χ3n) is 0.793. The van der Waals surface area contributed by atoms with Gasteiger partial charge in [0, 0.05) is 12.1 Å². The number of hydrogen-bond donors (Lipinski definition) is 2. The second kappa shape index (κ2) is 5.04. The minimum atomic E-state index is -0.167. The number of nitrogens with one attached hydrogen (secondary N) is 1. The van der Waals surface area contributed by atoms with Crippen molar-refractivity contribution in [2.24, 2.45) is 5.73 Å². The van der Waals surface area contributed by atoms with Crippen LogP contribution in [0.3, 0.4) is 0 Å². The molecule has 0 aliphatic carbocycles. The number of nitrogens with two attached hydrogens (primary N) is 1. The number of rotatable bonds is 2. The molecule has 10 heavy (non-hydrogen) atoms. The molecule has 0 aromatic heterocycles. The Morgan fingerprint density at radius 1 is 1.60 bits per heavy atom. The highest BCUT2D eigenvalue weighted by Gasteiger charge is 2.08. The van der Waals surface area contributed by atoms with Gasteiger partial charge in [-0.25, -0.2) is 0 Å². The van der Waals surface area contributed by atoms with Gasteiger partial charge in [-0.1, -0.05) is 12.2 Å². The summed E-state index contributed by atoms with van der Waals surface area (Å²) in [7, 11) is 0. The maximum atomic E-state index is 5.66. The highest BCUT2D eigenvalue weighted by Crippen LogP contribution is 1.91. The Bertz CT molecular complexity index is 109. The molecule has 0 aliphatic rings. The standard InChI is InChI=1S/C6H14N2S.BrH/c1-5(9)8-4-6(2,3)7;/h4,7H2,1-3H3,(H,8,9);1H. The fourth-order valence-corrected chi connectivity index (χ4v) is 0.424. The quantitative estimate of drug-likeness (QED) is 0.697. The van der Waals surface area contributed by atoms with Crippen molar-refractivity contribution >= 4 is 34.2 Å². The molecule has 0 saturated carbocycles. The van der Waals surface area contributed by atoms with E-state index in [1.807, 2.05) is 20.8 Å². The van der Waals surface area contributed by atoms with Crippen molar-refractivity contribution in [1.29, 1.82) is 0 Å². The largest absolute Gasteiger partial charge is 0.378 e. The summed E-state index contributed by atoms with van der Waals surface area (Å²) in [5.74, 6) is 0. The van der Waals surface area contributed by atoms with Gasteiger partial charge in [0.15, 0.2) is 0 Å². The molecule has 0 radical (unpaired) electrons. The Morgan fingerprint density at radius 3 is 2.10 bits per heavy atom. The fraction of sp³-hybridized carbons (Fsp3) is 0.833. The van der Waals surface area contributed by atoms with E-state index in [0.29, 0.717) is 0 Å². The maximum absolute atomic E-state index is 5.66. The first-order valence-corrected chi connectivity index (χ1v) is 3.36. The second-order valence-corrected chi connectivity index (χ2v) is 3.51. The maximum Gasteiger partial charge on any atom is 0.0722 e. The van der Waals surface area contributed by atoms with Crippen molar-refractivity contribution in [3.8, 4) is 0 Å². The normalized spacial score (nSPS) is 10.0. The zero-order valence-corrected chi connectivity index (χ0v) is 9.13. The molecule has 0 bridgehead atoms. The lowest BCUT2D eigenvalue weighted by Gasteiger charge is -2.18. The average molecular weight is 227 g/mol. The summed E-state index contributed by atoms with van der Waals surface area (Å²) in [6.45, 7) is 6.50. The van der Waals surface area contributed by atoms with Crippen LogP contribution in [0, 0.1) is 0 Å². The van der Waals surface area contributed by atoms with Gasteiger partial charge in [-0.3, -0.25) is 0 Å². The summed E-state index contributed by atoms with van der Waals surface area (Å²) in [5.41, 5.74) is 5.50. The first-order chi connectivity index (χ1) is 3.92. The van der Waals surface area contributed by atoms with Gasteiger partial charge in [0.2, 0.25) is 0 Å². The van der Waals surface area contributed by atoms with Gasteiger partial charge in [0.25, 0.3) is 0 Å². The predicted molar refractivity (Wildman–Crippen MR) is 54.9 cm³/mol. The van der Waals surface area contributed by atoms with E-state index >= 15 is 0 Å². The van der Waals surface area contributed by atoms with E-state index in [4.69, 9.17) is 18.0 Å². The Kier molecular flexibility index (Phi) is 6.54. The van der Waals surface area contributed by atoms with Gasteiger partial charge in [0.05, 0.1) is 4.99 Å². The third-order valence-corrected chi connectivity index (χ3v) is 0.937. The van der Waals surface area contributed by atoms with Crippen molar-refractivity contribution < 1.29 is 0 Å². The molecule has 3 N–H and O–H groups in total. The summed E-state index contributed by atoms with van der Waals surface area (Å²) in [6, 6.07) is 0. The first kappa shape index (κ1) is 13.0. The molecule has 0 saturated heterocycles. The molecule has 0 unspecified atom stereocenters. The molecule has 2 nitrogen and oxygen atoms in total. The molecule has 62 valence electrons. The van der Waals surface area contributed by atoms with Crippen molar-refractivity contribution in [3.63, 3.8) is 0 Å². The van der Waals surface area contributed by atoms with Crippen LogP contribution in [0.4, 0.5) is 0 Å². The van der Waals surface area contributed by atoms with Crippen LogP contribution in [0.2, 0.25) is 0 Å². The minimum Gasteiger partial charge on any atom is -0.378 e. The Balaban J connectivity index is 0. The fourth-order valence-electron chi connectivity index (χ4n) is 0.352. The first-order valence-electron chi connectivity index (χ1n) is 2.95. The molecule has 0 fully saturated rings. The minimum absolute atomic E-state index is 0. The number of halogens is 1. The van der Waals surface area contributed by atoms with E-state index in [1.54, 1.807) is 0 Å². The van der Waals surface area contributed by atoms with Crippen molar-refractivity contribution in [3.05, 3.63) is 0 Å². The van der Waals surface area contributed by atoms with Crippen LogP contribution in [0.5, 0.6) is 0 Å². The van der Waals surface area contributed by atoms with Crippen LogP contribution in [0.15, 0.2) is 0 Å². The topological polar surface area (TPSA) is 38.0 Å². The molecular weight excluding hydrogens is 212 g/mol. The van der Waals surface area contributed by atoms with Crippen LogP contribution in [-0.2, 0) is 0 Å². The van der Waals surface area contributed by atoms with Gasteiger partial charge in [-0.05, 0) is 20.8 Å². The molecular formula is C6H15BrN2S. The lowest BCUT2D eigenvalue weighted by atomic mass is 10.1. The van der Waals surface area contributed by atoms with Crippen molar-refractivity contribution in [2.75, 3.05) is 6.54 Å². The summed E-state index contributed by atoms with van der Waals surface area (Å²) < 4.78 is 0. The Labute approximate surface area is 78.3 Å². The van der Waals surface area contributed by atoms with Crippen LogP contribution in [-0.4, -0.2) is 17.1 Å². The van der Waals surface area contributed by atoms with E-state index in [-0.39, 0.29) is 22.5 Å². The van der Waals surface area contributed by atoms with E-state index in [2.05, 4.69) is 5.32 Å². The van der Waals surface area contributed by atoms with Gasteiger partial charge < -0.3 is 11.1 Å². The second-order valence-electron chi connectivity index (χ2n) is 2.90. The SMILES string of the molecule is Br.CC(=S)NCC(C)(C)N.